The van der Waals surface area contributed by atoms with Crippen molar-refractivity contribution in [2.75, 3.05) is 39.9 Å². The molecule has 64 heavy (non-hydrogen) atoms. The number of ether oxygens (including phenoxy) is 1. The summed E-state index contributed by atoms with van der Waals surface area (Å²) in [5, 5.41) is 8.07. The number of carbonyl (C=O) groups excluding carboxylic acids is 4. The first kappa shape index (κ1) is 44.9. The van der Waals surface area contributed by atoms with Gasteiger partial charge in [-0.3, -0.25) is 29.2 Å². The summed E-state index contributed by atoms with van der Waals surface area (Å²) in [5.74, 6) is 3.50. The Morgan fingerprint density at radius 3 is 2.66 bits per heavy atom. The summed E-state index contributed by atoms with van der Waals surface area (Å²) in [7, 11) is 3.72. The number of aromatic nitrogens is 3. The molecule has 4 amide bonds. The monoisotopic (exact) mass is 892 g/mol. The molecule has 3 saturated heterocycles. The van der Waals surface area contributed by atoms with Crippen LogP contribution in [0.5, 0.6) is 0 Å². The molecular weight excluding hydrogens is 835 g/mol. The van der Waals surface area contributed by atoms with E-state index in [1.54, 1.807) is 30.0 Å². The van der Waals surface area contributed by atoms with E-state index in [-0.39, 0.29) is 50.0 Å². The number of thiazole rings is 1. The molecule has 1 aromatic carbocycles. The summed E-state index contributed by atoms with van der Waals surface area (Å²) in [5.41, 5.74) is 8.29. The number of hydrazine groups is 1. The lowest BCUT2D eigenvalue weighted by molar-refractivity contribution is -0.835. The van der Waals surface area contributed by atoms with Crippen molar-refractivity contribution in [3.05, 3.63) is 63.1 Å². The molecule has 0 aliphatic carbocycles. The highest BCUT2D eigenvalue weighted by atomic mass is 32.1. The van der Waals surface area contributed by atoms with Gasteiger partial charge in [-0.05, 0) is 74.8 Å². The Morgan fingerprint density at radius 1 is 1.14 bits per heavy atom. The second-order valence-electron chi connectivity index (χ2n) is 18.8. The zero-order chi connectivity index (χ0) is 45.7. The number of pyridine rings is 1. The fourth-order valence-electron chi connectivity index (χ4n) is 9.77. The van der Waals surface area contributed by atoms with Crippen LogP contribution in [0, 0.1) is 33.5 Å². The number of benzene rings is 1. The third-order valence-electron chi connectivity index (χ3n) is 13.2. The number of likely N-dealkylation sites (tertiary alicyclic amines) is 2. The van der Waals surface area contributed by atoms with Crippen LogP contribution in [-0.4, -0.2) is 116 Å². The Bertz CT molecular complexity index is 2570. The quantitative estimate of drug-likeness (QED) is 0.242. The Labute approximate surface area is 377 Å². The minimum Gasteiger partial charge on any atom is -0.375 e. The predicted octanol–water partition coefficient (Wildman–Crippen LogP) is 4.95. The maximum absolute atomic E-state index is 14.6. The van der Waals surface area contributed by atoms with Crippen LogP contribution in [0.1, 0.15) is 83.2 Å². The molecule has 3 aromatic heterocycles. The molecule has 6 bridgehead atoms. The number of hydrogen-bond donors (Lipinski definition) is 2. The molecule has 1 spiro atoms. The van der Waals surface area contributed by atoms with E-state index in [4.69, 9.17) is 19.5 Å². The van der Waals surface area contributed by atoms with Crippen molar-refractivity contribution in [1.29, 1.82) is 0 Å². The van der Waals surface area contributed by atoms with Gasteiger partial charge in [-0.25, -0.2) is 9.82 Å². The van der Waals surface area contributed by atoms with Crippen LogP contribution in [0.15, 0.2) is 41.9 Å². The topological polar surface area (TPSA) is 171 Å². The first-order chi connectivity index (χ1) is 30.5. The lowest BCUT2D eigenvalue weighted by Crippen LogP contribution is -2.64. The largest absolute Gasteiger partial charge is 0.375 e. The number of aryl methyl sites for hydroxylation is 1. The zero-order valence-corrected chi connectivity index (χ0v) is 38.7. The molecule has 4 aromatic rings. The van der Waals surface area contributed by atoms with Crippen LogP contribution >= 0.6 is 11.3 Å². The second kappa shape index (κ2) is 17.7. The van der Waals surface area contributed by atoms with Gasteiger partial charge >= 0.3 is 6.17 Å². The lowest BCUT2D eigenvalue weighted by atomic mass is 9.78. The SMILES string of the molecule is CC#CC(=O)N1CC2(CCN([C@H](C(=O)N[C@H]3Cc4nc(cs4)-c4ccc5c(c4)c(c(-c4cccnc4[C@H](C)OC)n5C)CC(C)(C)CO[N+](=O)[C@@H]4CCCN(N4)C3=O)C(C)C)C2=O)C1. The number of carbonyl (C=O) groups is 4. The Kier molecular flexibility index (Phi) is 12.4. The van der Waals surface area contributed by atoms with E-state index >= 15 is 0 Å². The van der Waals surface area contributed by atoms with Crippen molar-refractivity contribution in [1.82, 2.24) is 40.1 Å². The van der Waals surface area contributed by atoms with Crippen LogP contribution in [0.2, 0.25) is 0 Å². The highest BCUT2D eigenvalue weighted by molar-refractivity contribution is 7.10. The van der Waals surface area contributed by atoms with Crippen molar-refractivity contribution in [2.24, 2.45) is 23.8 Å². The van der Waals surface area contributed by atoms with Crippen molar-refractivity contribution in [3.63, 3.8) is 0 Å². The van der Waals surface area contributed by atoms with Gasteiger partial charge < -0.3 is 24.4 Å². The summed E-state index contributed by atoms with van der Waals surface area (Å²) < 4.78 is 7.96. The van der Waals surface area contributed by atoms with E-state index in [0.29, 0.717) is 48.7 Å². The normalized spacial score (nSPS) is 21.8. The molecule has 0 saturated carbocycles. The molecule has 2 N–H and O–H groups in total. The number of nitrogens with zero attached hydrogens (tertiary/aromatic N) is 7. The first-order valence-electron chi connectivity index (χ1n) is 22.1. The second-order valence-corrected chi connectivity index (χ2v) is 19.7. The molecule has 0 radical (unpaired) electrons. The van der Waals surface area contributed by atoms with Crippen LogP contribution < -0.4 is 10.7 Å². The van der Waals surface area contributed by atoms with Gasteiger partial charge in [0.05, 0.1) is 38.5 Å². The third kappa shape index (κ3) is 8.38. The number of hydrogen-bond acceptors (Lipinski definition) is 11. The summed E-state index contributed by atoms with van der Waals surface area (Å²) in [6.45, 7) is 12.7. The summed E-state index contributed by atoms with van der Waals surface area (Å²) in [6.07, 6.45) is 2.75. The average Bonchev–Trinajstić information content (AvgIpc) is 3.94. The van der Waals surface area contributed by atoms with Gasteiger partial charge in [-0.2, -0.15) is 5.43 Å². The van der Waals surface area contributed by atoms with Gasteiger partial charge in [0.2, 0.25) is 16.7 Å². The molecule has 8 rings (SSSR count). The Balaban J connectivity index is 1.14. The molecule has 16 nitrogen and oxygen atoms in total. The summed E-state index contributed by atoms with van der Waals surface area (Å²) >= 11 is 1.40. The van der Waals surface area contributed by atoms with Crippen LogP contribution in [-0.2, 0) is 48.6 Å². The zero-order valence-electron chi connectivity index (χ0n) is 37.9. The predicted molar refractivity (Wildman–Crippen MR) is 241 cm³/mol. The van der Waals surface area contributed by atoms with Crippen LogP contribution in [0.4, 0.5) is 0 Å². The molecule has 17 heteroatoms. The van der Waals surface area contributed by atoms with E-state index < -0.39 is 40.9 Å². The van der Waals surface area contributed by atoms with E-state index in [1.807, 2.05) is 38.3 Å². The van der Waals surface area contributed by atoms with E-state index in [2.05, 4.69) is 66.2 Å². The van der Waals surface area contributed by atoms with E-state index in [9.17, 15) is 24.1 Å². The highest BCUT2D eigenvalue weighted by Gasteiger charge is 2.58. The van der Waals surface area contributed by atoms with Crippen LogP contribution in [0.3, 0.4) is 0 Å². The molecular formula is C47H58N9O7S+. The fraction of sp³-hybridized carbons (Fsp3) is 0.532. The molecule has 4 aliphatic heterocycles. The smallest absolute Gasteiger partial charge is 0.326 e. The standard InChI is InChI=1S/C47H57N9O7S/c1-9-12-39(57)53-25-47(26-53)17-20-54(45(47)60)41(28(2)3)43(58)50-34-22-38-49-35(24-64-38)30-15-16-36-32(21-30)33(42(52(36)7)31-13-10-18-48-40(31)29(4)62-8)23-46(5,6)27-63-56(61)37-14-11-19-55(51-37)44(34)59/h10,13,15-16,18,21,24,28-29,34,37,41,51H,11,14,17,19-20,22-23,25-27H2,1-8H3/p+1/t29-,34-,37+,41-/m0/s1. The van der Waals surface area contributed by atoms with Crippen molar-refractivity contribution in [3.8, 4) is 34.4 Å². The van der Waals surface area contributed by atoms with E-state index in [0.717, 1.165) is 44.7 Å². The first-order valence-corrected chi connectivity index (χ1v) is 23.0. The molecule has 4 atom stereocenters. The average molecular weight is 893 g/mol. The van der Waals surface area contributed by atoms with Gasteiger partial charge in [0.15, 0.2) is 6.61 Å². The third-order valence-corrected chi connectivity index (χ3v) is 14.1. The minimum absolute atomic E-state index is 0.0759. The van der Waals surface area contributed by atoms with Crippen molar-refractivity contribution in [2.45, 2.75) is 98.0 Å². The molecule has 7 heterocycles. The molecule has 0 unspecified atom stereocenters. The maximum atomic E-state index is 14.6. The van der Waals surface area contributed by atoms with Gasteiger partial charge in [0.25, 0.3) is 11.8 Å². The molecule has 3 fully saturated rings. The van der Waals surface area contributed by atoms with Crippen molar-refractivity contribution < 1.29 is 33.7 Å². The van der Waals surface area contributed by atoms with Gasteiger partial charge in [-0.1, -0.05) is 39.7 Å². The minimum atomic E-state index is -1.08. The Morgan fingerprint density at radius 2 is 1.92 bits per heavy atom. The van der Waals surface area contributed by atoms with E-state index in [1.165, 1.54) is 16.3 Å². The molecule has 338 valence electrons. The number of fused-ring (bicyclic) bond motifs is 6. The van der Waals surface area contributed by atoms with Gasteiger partial charge in [0.1, 0.15) is 12.1 Å². The summed E-state index contributed by atoms with van der Waals surface area (Å²) in [6, 6.07) is 8.34. The lowest BCUT2D eigenvalue weighted by Gasteiger charge is -2.46. The van der Waals surface area contributed by atoms with Crippen LogP contribution in [0.25, 0.3) is 33.4 Å². The number of rotatable bonds is 7. The number of nitrogens with one attached hydrogen (secondary N) is 2. The van der Waals surface area contributed by atoms with Gasteiger partial charge in [0, 0.05) is 92.2 Å². The Hall–Kier alpha value is -5.70. The van der Waals surface area contributed by atoms with Crippen molar-refractivity contribution >= 4 is 45.9 Å². The number of amides is 4. The molecule has 4 aliphatic rings. The summed E-state index contributed by atoms with van der Waals surface area (Å²) in [4.78, 5) is 88.9. The maximum Gasteiger partial charge on any atom is 0.326 e. The number of methoxy groups -OCH3 is 1. The van der Waals surface area contributed by atoms with Gasteiger partial charge in [-0.15, -0.1) is 11.3 Å². The highest BCUT2D eigenvalue weighted by Crippen LogP contribution is 2.43. The fourth-order valence-corrected chi connectivity index (χ4v) is 10.6.